The van der Waals surface area contributed by atoms with Crippen molar-refractivity contribution in [3.05, 3.63) is 69.7 Å². The smallest absolute Gasteiger partial charge is 0.335 e. The number of aliphatic hydroxyl groups excluding tert-OH is 1. The van der Waals surface area contributed by atoms with Gasteiger partial charge in [0.05, 0.1) is 12.2 Å². The van der Waals surface area contributed by atoms with Gasteiger partial charge in [-0.1, -0.05) is 43.6 Å². The predicted octanol–water partition coefficient (Wildman–Crippen LogP) is 4.29. The van der Waals surface area contributed by atoms with Gasteiger partial charge in [0.15, 0.2) is 0 Å². The molecule has 0 heterocycles. The molecule has 0 fully saturated rings. The number of aromatic carboxylic acids is 1. The molecule has 0 saturated carbocycles. The quantitative estimate of drug-likeness (QED) is 0.783. The summed E-state index contributed by atoms with van der Waals surface area (Å²) in [6, 6.07) is 11.7. The molecule has 1 unspecified atom stereocenters. The minimum absolute atomic E-state index is 0.122. The number of carboxylic acid groups (broad SMARTS) is 1. The fraction of sp³-hybridized carbons (Fsp3) is 0.316. The summed E-state index contributed by atoms with van der Waals surface area (Å²) in [7, 11) is 0. The number of benzene rings is 2. The largest absolute Gasteiger partial charge is 0.478 e. The highest BCUT2D eigenvalue weighted by Gasteiger charge is 2.15. The third-order valence-electron chi connectivity index (χ3n) is 3.46. The third kappa shape index (κ3) is 5.06. The van der Waals surface area contributed by atoms with Gasteiger partial charge in [-0.15, -0.1) is 0 Å². The van der Waals surface area contributed by atoms with Gasteiger partial charge < -0.3 is 14.9 Å². The summed E-state index contributed by atoms with van der Waals surface area (Å²) < 4.78 is 5.58. The van der Waals surface area contributed by atoms with E-state index >= 15 is 0 Å². The summed E-state index contributed by atoms with van der Waals surface area (Å²) >= 11 is 5.96. The molecule has 4 nitrogen and oxygen atoms in total. The SMILES string of the molecule is CC(C)COCc1cc(C(=O)O)cc(C(O)c2cccc(Cl)c2)c1. The second-order valence-electron chi connectivity index (χ2n) is 6.13. The van der Waals surface area contributed by atoms with Crippen LogP contribution >= 0.6 is 11.6 Å². The van der Waals surface area contributed by atoms with Crippen LogP contribution in [0.15, 0.2) is 42.5 Å². The Morgan fingerprint density at radius 3 is 2.54 bits per heavy atom. The Kier molecular flexibility index (Phi) is 6.37. The molecule has 0 bridgehead atoms. The van der Waals surface area contributed by atoms with Crippen LogP contribution in [0.4, 0.5) is 0 Å². The topological polar surface area (TPSA) is 66.8 Å². The highest BCUT2D eigenvalue weighted by molar-refractivity contribution is 6.30. The summed E-state index contributed by atoms with van der Waals surface area (Å²) in [4.78, 5) is 11.4. The molecule has 0 amide bonds. The zero-order chi connectivity index (χ0) is 17.7. The van der Waals surface area contributed by atoms with Crippen molar-refractivity contribution in [2.24, 2.45) is 5.92 Å². The van der Waals surface area contributed by atoms with E-state index in [1.165, 1.54) is 6.07 Å². The molecule has 0 aliphatic heterocycles. The molecule has 128 valence electrons. The van der Waals surface area contributed by atoms with E-state index in [-0.39, 0.29) is 5.56 Å². The van der Waals surface area contributed by atoms with Crippen molar-refractivity contribution in [2.45, 2.75) is 26.6 Å². The standard InChI is InChI=1S/C19H21ClO4/c1-12(2)10-24-11-13-6-15(8-16(7-13)19(22)23)18(21)14-4-3-5-17(20)9-14/h3-9,12,18,21H,10-11H2,1-2H3,(H,22,23). The number of halogens is 1. The lowest BCUT2D eigenvalue weighted by atomic mass is 9.97. The zero-order valence-corrected chi connectivity index (χ0v) is 14.5. The molecule has 0 aromatic heterocycles. The number of carbonyl (C=O) groups is 1. The Bertz CT molecular complexity index is 712. The first-order chi connectivity index (χ1) is 11.4. The van der Waals surface area contributed by atoms with Gasteiger partial charge in [0.25, 0.3) is 0 Å². The fourth-order valence-electron chi connectivity index (χ4n) is 2.36. The van der Waals surface area contributed by atoms with Crippen molar-refractivity contribution >= 4 is 17.6 Å². The van der Waals surface area contributed by atoms with E-state index in [1.807, 2.05) is 13.8 Å². The molecule has 0 aliphatic carbocycles. The minimum atomic E-state index is -1.04. The monoisotopic (exact) mass is 348 g/mol. The Balaban J connectivity index is 2.30. The molecule has 2 rings (SSSR count). The summed E-state index contributed by atoms with van der Waals surface area (Å²) in [6.45, 7) is 4.97. The number of aliphatic hydroxyl groups is 1. The predicted molar refractivity (Wildman–Crippen MR) is 93.4 cm³/mol. The molecule has 1 atom stereocenters. The Hall–Kier alpha value is -1.88. The van der Waals surface area contributed by atoms with Gasteiger partial charge in [-0.25, -0.2) is 4.79 Å². The van der Waals surface area contributed by atoms with E-state index < -0.39 is 12.1 Å². The first kappa shape index (κ1) is 18.5. The van der Waals surface area contributed by atoms with Crippen LogP contribution in [0.5, 0.6) is 0 Å². The van der Waals surface area contributed by atoms with Crippen LogP contribution in [-0.2, 0) is 11.3 Å². The molecular weight excluding hydrogens is 328 g/mol. The average Bonchev–Trinajstić information content (AvgIpc) is 2.53. The van der Waals surface area contributed by atoms with Crippen LogP contribution < -0.4 is 0 Å². The number of carboxylic acids is 1. The van der Waals surface area contributed by atoms with E-state index in [1.54, 1.807) is 36.4 Å². The van der Waals surface area contributed by atoms with Gasteiger partial charge in [0.2, 0.25) is 0 Å². The van der Waals surface area contributed by atoms with E-state index in [0.717, 1.165) is 0 Å². The lowest BCUT2D eigenvalue weighted by Crippen LogP contribution is -2.07. The van der Waals surface area contributed by atoms with Crippen molar-refractivity contribution < 1.29 is 19.7 Å². The third-order valence-corrected chi connectivity index (χ3v) is 3.70. The summed E-state index contributed by atoms with van der Waals surface area (Å²) in [6.07, 6.45) is -0.952. The number of hydrogen-bond acceptors (Lipinski definition) is 3. The van der Waals surface area contributed by atoms with E-state index in [2.05, 4.69) is 0 Å². The van der Waals surface area contributed by atoms with Crippen molar-refractivity contribution in [1.29, 1.82) is 0 Å². The van der Waals surface area contributed by atoms with Gasteiger partial charge in [-0.05, 0) is 46.9 Å². The molecule has 5 heteroatoms. The highest BCUT2D eigenvalue weighted by atomic mass is 35.5. The second-order valence-corrected chi connectivity index (χ2v) is 6.57. The van der Waals surface area contributed by atoms with E-state index in [9.17, 15) is 15.0 Å². The molecule has 0 saturated heterocycles. The molecule has 0 aliphatic rings. The highest BCUT2D eigenvalue weighted by Crippen LogP contribution is 2.26. The van der Waals surface area contributed by atoms with Crippen LogP contribution in [-0.4, -0.2) is 22.8 Å². The molecule has 2 aromatic carbocycles. The van der Waals surface area contributed by atoms with Crippen molar-refractivity contribution in [3.8, 4) is 0 Å². The minimum Gasteiger partial charge on any atom is -0.478 e. The van der Waals surface area contributed by atoms with Crippen LogP contribution in [0.2, 0.25) is 5.02 Å². The number of rotatable bonds is 7. The van der Waals surface area contributed by atoms with Crippen LogP contribution in [0.25, 0.3) is 0 Å². The van der Waals surface area contributed by atoms with Crippen LogP contribution in [0.1, 0.15) is 47.0 Å². The maximum atomic E-state index is 11.4. The van der Waals surface area contributed by atoms with Gasteiger partial charge in [0.1, 0.15) is 6.10 Å². The van der Waals surface area contributed by atoms with E-state index in [4.69, 9.17) is 16.3 Å². The molecule has 0 radical (unpaired) electrons. The van der Waals surface area contributed by atoms with Crippen molar-refractivity contribution in [2.75, 3.05) is 6.61 Å². The van der Waals surface area contributed by atoms with Crippen molar-refractivity contribution in [3.63, 3.8) is 0 Å². The number of ether oxygens (including phenoxy) is 1. The van der Waals surface area contributed by atoms with E-state index in [0.29, 0.717) is 40.8 Å². The molecule has 2 aromatic rings. The van der Waals surface area contributed by atoms with Crippen molar-refractivity contribution in [1.82, 2.24) is 0 Å². The molecule has 0 spiro atoms. The molecule has 2 N–H and O–H groups in total. The second kappa shape index (κ2) is 8.29. The van der Waals surface area contributed by atoms with Gasteiger partial charge >= 0.3 is 5.97 Å². The Morgan fingerprint density at radius 2 is 1.92 bits per heavy atom. The normalized spacial score (nSPS) is 12.4. The summed E-state index contributed by atoms with van der Waals surface area (Å²) in [5.41, 5.74) is 1.95. The van der Waals surface area contributed by atoms with Crippen LogP contribution in [0, 0.1) is 5.92 Å². The lowest BCUT2D eigenvalue weighted by molar-refractivity contribution is 0.0695. The Morgan fingerprint density at radius 1 is 1.17 bits per heavy atom. The zero-order valence-electron chi connectivity index (χ0n) is 13.7. The average molecular weight is 349 g/mol. The summed E-state index contributed by atoms with van der Waals surface area (Å²) in [5, 5.41) is 20.4. The first-order valence-electron chi connectivity index (χ1n) is 7.75. The van der Waals surface area contributed by atoms with Gasteiger partial charge in [-0.3, -0.25) is 0 Å². The maximum absolute atomic E-state index is 11.4. The Labute approximate surface area is 146 Å². The maximum Gasteiger partial charge on any atom is 0.335 e. The first-order valence-corrected chi connectivity index (χ1v) is 8.13. The van der Waals surface area contributed by atoms with Gasteiger partial charge in [-0.2, -0.15) is 0 Å². The fourth-order valence-corrected chi connectivity index (χ4v) is 2.56. The van der Waals surface area contributed by atoms with Crippen LogP contribution in [0.3, 0.4) is 0 Å². The van der Waals surface area contributed by atoms with Gasteiger partial charge in [0, 0.05) is 11.6 Å². The number of hydrogen-bond donors (Lipinski definition) is 2. The summed E-state index contributed by atoms with van der Waals surface area (Å²) in [5.74, 6) is -0.649. The molecule has 24 heavy (non-hydrogen) atoms. The lowest BCUT2D eigenvalue weighted by Gasteiger charge is -2.15. The molecular formula is C19H21ClO4.